The minimum atomic E-state index is -0.230. The van der Waals surface area contributed by atoms with Crippen molar-refractivity contribution in [2.24, 2.45) is 0 Å². The van der Waals surface area contributed by atoms with Crippen LogP contribution in [0.5, 0.6) is 0 Å². The molecule has 6 nitrogen and oxygen atoms in total. The molecule has 4 rings (SSSR count). The summed E-state index contributed by atoms with van der Waals surface area (Å²) < 4.78 is 5.49. The van der Waals surface area contributed by atoms with Gasteiger partial charge >= 0.3 is 6.03 Å². The Morgan fingerprint density at radius 2 is 2.11 bits per heavy atom. The molecule has 7 heteroatoms. The van der Waals surface area contributed by atoms with E-state index in [1.165, 1.54) is 0 Å². The maximum Gasteiger partial charge on any atom is 0.322 e. The molecule has 2 aromatic carbocycles. The van der Waals surface area contributed by atoms with Gasteiger partial charge in [-0.05, 0) is 50.5 Å². The Morgan fingerprint density at radius 1 is 1.25 bits per heavy atom. The average Bonchev–Trinajstić information content (AvgIpc) is 3.33. The molecule has 1 fully saturated rings. The van der Waals surface area contributed by atoms with E-state index < -0.39 is 0 Å². The molecular weight excluding hydrogens is 376 g/mol. The van der Waals surface area contributed by atoms with Crippen molar-refractivity contribution in [1.82, 2.24) is 15.0 Å². The van der Waals surface area contributed by atoms with Crippen LogP contribution in [0, 0.1) is 13.8 Å². The van der Waals surface area contributed by atoms with Gasteiger partial charge in [-0.3, -0.25) is 0 Å². The molecular formula is C21H21ClN4O2. The third-order valence-electron chi connectivity index (χ3n) is 4.95. The van der Waals surface area contributed by atoms with E-state index in [9.17, 15) is 4.79 Å². The van der Waals surface area contributed by atoms with Crippen molar-refractivity contribution in [3.63, 3.8) is 0 Å². The molecule has 28 heavy (non-hydrogen) atoms. The Balaban J connectivity index is 1.53. The number of halogens is 1. The number of rotatable bonds is 3. The van der Waals surface area contributed by atoms with E-state index >= 15 is 0 Å². The number of carbonyl (C=O) groups excluding carboxylic acids is 1. The number of carbonyl (C=O) groups is 1. The van der Waals surface area contributed by atoms with Crippen LogP contribution >= 0.6 is 11.6 Å². The van der Waals surface area contributed by atoms with Gasteiger partial charge < -0.3 is 14.7 Å². The van der Waals surface area contributed by atoms with Crippen molar-refractivity contribution in [3.05, 3.63) is 64.5 Å². The van der Waals surface area contributed by atoms with Gasteiger partial charge in [0.05, 0.1) is 0 Å². The first-order chi connectivity index (χ1) is 13.5. The van der Waals surface area contributed by atoms with Gasteiger partial charge in [0.1, 0.15) is 6.04 Å². The van der Waals surface area contributed by atoms with Crippen LogP contribution in [0.4, 0.5) is 10.5 Å². The molecule has 3 aromatic rings. The highest BCUT2D eigenvalue weighted by Crippen LogP contribution is 2.33. The predicted molar refractivity (Wildman–Crippen MR) is 108 cm³/mol. The largest absolute Gasteiger partial charge is 0.337 e. The Hall–Kier alpha value is -2.86. The standard InChI is InChI=1S/C21H21ClN4O2/c1-13-8-9-17(14(2)11-13)23-21(27)26-10-4-7-18(26)20-24-19(25-28-20)15-5-3-6-16(22)12-15/h3,5-6,8-9,11-12,18H,4,7,10H2,1-2H3,(H,23,27)/t18-/m0/s1. The molecule has 0 radical (unpaired) electrons. The molecule has 2 amide bonds. The summed E-state index contributed by atoms with van der Waals surface area (Å²) in [6.45, 7) is 4.66. The molecule has 1 aliphatic rings. The number of anilines is 1. The SMILES string of the molecule is Cc1ccc(NC(=O)N2CCC[C@H]2c2nc(-c3cccc(Cl)c3)no2)c(C)c1. The number of hydrogen-bond donors (Lipinski definition) is 1. The number of benzene rings is 2. The maximum atomic E-state index is 12.9. The fourth-order valence-corrected chi connectivity index (χ4v) is 3.71. The number of aromatic nitrogens is 2. The van der Waals surface area contributed by atoms with Gasteiger partial charge in [-0.15, -0.1) is 0 Å². The van der Waals surface area contributed by atoms with Crippen molar-refractivity contribution in [2.75, 3.05) is 11.9 Å². The smallest absolute Gasteiger partial charge is 0.322 e. The van der Waals surface area contributed by atoms with E-state index in [0.29, 0.717) is 23.3 Å². The topological polar surface area (TPSA) is 71.3 Å². The molecule has 0 aliphatic carbocycles. The maximum absolute atomic E-state index is 12.9. The van der Waals surface area contributed by atoms with Crippen molar-refractivity contribution in [1.29, 1.82) is 0 Å². The van der Waals surface area contributed by atoms with Crippen LogP contribution in [-0.2, 0) is 0 Å². The molecule has 1 aliphatic heterocycles. The van der Waals surface area contributed by atoms with Gasteiger partial charge in [-0.2, -0.15) is 4.98 Å². The average molecular weight is 397 g/mol. The van der Waals surface area contributed by atoms with Crippen molar-refractivity contribution >= 4 is 23.3 Å². The molecule has 1 saturated heterocycles. The van der Waals surface area contributed by atoms with Crippen molar-refractivity contribution < 1.29 is 9.32 Å². The van der Waals surface area contributed by atoms with Crippen LogP contribution in [0.2, 0.25) is 5.02 Å². The Morgan fingerprint density at radius 3 is 2.89 bits per heavy atom. The second-order valence-electron chi connectivity index (χ2n) is 7.07. The molecule has 0 saturated carbocycles. The van der Waals surface area contributed by atoms with Crippen molar-refractivity contribution in [3.8, 4) is 11.4 Å². The van der Waals surface area contributed by atoms with Crippen LogP contribution in [-0.4, -0.2) is 27.6 Å². The molecule has 0 unspecified atom stereocenters. The lowest BCUT2D eigenvalue weighted by molar-refractivity contribution is 0.193. The summed E-state index contributed by atoms with van der Waals surface area (Å²) in [6, 6.07) is 12.9. The minimum absolute atomic E-state index is 0.156. The lowest BCUT2D eigenvalue weighted by Gasteiger charge is -2.22. The molecule has 144 valence electrons. The summed E-state index contributed by atoms with van der Waals surface area (Å²) in [5.74, 6) is 0.919. The number of nitrogens with zero attached hydrogens (tertiary/aromatic N) is 3. The predicted octanol–water partition coefficient (Wildman–Crippen LogP) is 5.38. The van der Waals surface area contributed by atoms with E-state index in [4.69, 9.17) is 16.1 Å². The summed E-state index contributed by atoms with van der Waals surface area (Å²) in [6.07, 6.45) is 1.68. The number of likely N-dealkylation sites (tertiary alicyclic amines) is 1. The highest BCUT2D eigenvalue weighted by atomic mass is 35.5. The van der Waals surface area contributed by atoms with Crippen LogP contribution in [0.1, 0.15) is 35.9 Å². The number of urea groups is 1. The summed E-state index contributed by atoms with van der Waals surface area (Å²) >= 11 is 6.05. The van der Waals surface area contributed by atoms with Gasteiger partial charge in [0.15, 0.2) is 0 Å². The fourth-order valence-electron chi connectivity index (χ4n) is 3.52. The quantitative estimate of drug-likeness (QED) is 0.645. The monoisotopic (exact) mass is 396 g/mol. The number of hydrogen-bond acceptors (Lipinski definition) is 4. The minimum Gasteiger partial charge on any atom is -0.337 e. The summed E-state index contributed by atoms with van der Waals surface area (Å²) in [5.41, 5.74) is 3.79. The third-order valence-corrected chi connectivity index (χ3v) is 5.18. The second kappa shape index (κ2) is 7.64. The fraction of sp³-hybridized carbons (Fsp3) is 0.286. The van der Waals surface area contributed by atoms with Gasteiger partial charge in [-0.1, -0.05) is 46.6 Å². The van der Waals surface area contributed by atoms with E-state index in [2.05, 4.69) is 15.5 Å². The lowest BCUT2D eigenvalue weighted by Crippen LogP contribution is -2.34. The zero-order chi connectivity index (χ0) is 19.7. The first-order valence-corrected chi connectivity index (χ1v) is 9.63. The van der Waals surface area contributed by atoms with E-state index in [1.807, 2.05) is 44.2 Å². The zero-order valence-electron chi connectivity index (χ0n) is 15.8. The lowest BCUT2D eigenvalue weighted by atomic mass is 10.1. The van der Waals surface area contributed by atoms with Crippen LogP contribution in [0.15, 0.2) is 47.0 Å². The van der Waals surface area contributed by atoms with Crippen LogP contribution < -0.4 is 5.32 Å². The van der Waals surface area contributed by atoms with Crippen LogP contribution in [0.3, 0.4) is 0 Å². The third kappa shape index (κ3) is 3.73. The number of amides is 2. The molecule has 1 aromatic heterocycles. The molecule has 1 N–H and O–H groups in total. The highest BCUT2D eigenvalue weighted by molar-refractivity contribution is 6.30. The highest BCUT2D eigenvalue weighted by Gasteiger charge is 2.34. The molecule has 2 heterocycles. The Bertz CT molecular complexity index is 1020. The van der Waals surface area contributed by atoms with Gasteiger partial charge in [0.2, 0.25) is 11.7 Å². The summed E-state index contributed by atoms with van der Waals surface area (Å²) in [5, 5.41) is 7.69. The number of nitrogens with one attached hydrogen (secondary N) is 1. The normalized spacial score (nSPS) is 16.4. The zero-order valence-corrected chi connectivity index (χ0v) is 16.5. The van der Waals surface area contributed by atoms with Crippen LogP contribution in [0.25, 0.3) is 11.4 Å². The second-order valence-corrected chi connectivity index (χ2v) is 7.50. The Labute approximate surface area is 168 Å². The molecule has 1 atom stereocenters. The first kappa shape index (κ1) is 18.5. The first-order valence-electron chi connectivity index (χ1n) is 9.25. The summed E-state index contributed by atoms with van der Waals surface area (Å²) in [7, 11) is 0. The van der Waals surface area contributed by atoms with Gasteiger partial charge in [0.25, 0.3) is 0 Å². The van der Waals surface area contributed by atoms with Gasteiger partial charge in [-0.25, -0.2) is 4.79 Å². The van der Waals surface area contributed by atoms with E-state index in [-0.39, 0.29) is 12.1 Å². The van der Waals surface area contributed by atoms with Gasteiger partial charge in [0, 0.05) is 22.8 Å². The van der Waals surface area contributed by atoms with E-state index in [0.717, 1.165) is 35.2 Å². The van der Waals surface area contributed by atoms with Crippen molar-refractivity contribution in [2.45, 2.75) is 32.7 Å². The number of aryl methyl sites for hydroxylation is 2. The summed E-state index contributed by atoms with van der Waals surface area (Å²) in [4.78, 5) is 19.1. The molecule has 0 spiro atoms. The van der Waals surface area contributed by atoms with E-state index in [1.54, 1.807) is 17.0 Å². The molecule has 0 bridgehead atoms. The Kier molecular flexibility index (Phi) is 5.05.